The second-order valence-corrected chi connectivity index (χ2v) is 6.39. The molecule has 6 heteroatoms. The number of hydrogen-bond donors (Lipinski definition) is 1. The zero-order valence-corrected chi connectivity index (χ0v) is 13.3. The van der Waals surface area contributed by atoms with E-state index in [2.05, 4.69) is 4.90 Å². The highest BCUT2D eigenvalue weighted by Gasteiger charge is 2.52. The second-order valence-electron chi connectivity index (χ2n) is 6.39. The van der Waals surface area contributed by atoms with Gasteiger partial charge in [-0.1, -0.05) is 0 Å². The molecule has 21 heavy (non-hydrogen) atoms. The third kappa shape index (κ3) is 3.06. The number of fused-ring (bicyclic) bond motifs is 2. The van der Waals surface area contributed by atoms with Gasteiger partial charge >= 0.3 is 0 Å². The lowest BCUT2D eigenvalue weighted by Crippen LogP contribution is -2.60. The van der Waals surface area contributed by atoms with Crippen molar-refractivity contribution in [2.45, 2.75) is 56.7 Å². The van der Waals surface area contributed by atoms with E-state index >= 15 is 0 Å². The Morgan fingerprint density at radius 2 is 2.14 bits per heavy atom. The number of likely N-dealkylation sites (N-methyl/N-ethyl adjacent to an activating group) is 1. The molecule has 2 aliphatic heterocycles. The number of piperidine rings is 1. The zero-order valence-electron chi connectivity index (χ0n) is 13.3. The van der Waals surface area contributed by atoms with Gasteiger partial charge < -0.3 is 15.4 Å². The van der Waals surface area contributed by atoms with Crippen LogP contribution >= 0.6 is 0 Å². The van der Waals surface area contributed by atoms with Crippen molar-refractivity contribution in [3.63, 3.8) is 0 Å². The van der Waals surface area contributed by atoms with Crippen molar-refractivity contribution in [1.82, 2.24) is 9.80 Å². The van der Waals surface area contributed by atoms with Crippen LogP contribution in [-0.4, -0.2) is 66.5 Å². The molecule has 6 nitrogen and oxygen atoms in total. The SMILES string of the molecule is COC(CN(C)C(C)=O)CN1[C@@H]2CCC[C@@]1(C(N)=O)CC2. The van der Waals surface area contributed by atoms with E-state index in [-0.39, 0.29) is 17.9 Å². The average molecular weight is 297 g/mol. The summed E-state index contributed by atoms with van der Waals surface area (Å²) in [6, 6.07) is 0.423. The largest absolute Gasteiger partial charge is 0.378 e. The fraction of sp³-hybridized carbons (Fsp3) is 0.867. The number of nitrogens with two attached hydrogens (primary N) is 1. The zero-order chi connectivity index (χ0) is 15.6. The Balaban J connectivity index is 2.08. The quantitative estimate of drug-likeness (QED) is 0.767. The molecule has 0 aromatic rings. The standard InChI is InChI=1S/C15H27N3O3/c1-11(19)17(2)9-13(21-3)10-18-12-5-4-7-15(18,8-6-12)14(16)20/h12-13H,4-10H2,1-3H3,(H2,16,20)/t12-,13?,15+/m1/s1. The fourth-order valence-corrected chi connectivity index (χ4v) is 3.83. The molecule has 2 rings (SSSR count). The number of carbonyl (C=O) groups excluding carboxylic acids is 2. The van der Waals surface area contributed by atoms with Gasteiger partial charge in [0.25, 0.3) is 0 Å². The predicted octanol–water partition coefficient (Wildman–Crippen LogP) is 0.352. The maximum Gasteiger partial charge on any atom is 0.237 e. The number of nitrogens with zero attached hydrogens (tertiary/aromatic N) is 2. The number of amides is 2. The van der Waals surface area contributed by atoms with Gasteiger partial charge in [0.1, 0.15) is 5.54 Å². The predicted molar refractivity (Wildman–Crippen MR) is 79.6 cm³/mol. The summed E-state index contributed by atoms with van der Waals surface area (Å²) in [5.41, 5.74) is 5.22. The van der Waals surface area contributed by atoms with Crippen LogP contribution in [0.5, 0.6) is 0 Å². The first-order chi connectivity index (χ1) is 9.90. The Morgan fingerprint density at radius 3 is 2.71 bits per heavy atom. The van der Waals surface area contributed by atoms with Gasteiger partial charge in [0.05, 0.1) is 6.10 Å². The Kier molecular flexibility index (Phi) is 4.88. The number of rotatable bonds is 6. The molecule has 0 spiro atoms. The van der Waals surface area contributed by atoms with Crippen LogP contribution in [0, 0.1) is 0 Å². The molecule has 0 radical (unpaired) electrons. The summed E-state index contributed by atoms with van der Waals surface area (Å²) in [6.07, 6.45) is 4.81. The van der Waals surface area contributed by atoms with Crippen LogP contribution in [0.3, 0.4) is 0 Å². The minimum absolute atomic E-state index is 0.0169. The Bertz CT molecular complexity index is 411. The molecule has 0 aromatic heterocycles. The molecule has 2 N–H and O–H groups in total. The smallest absolute Gasteiger partial charge is 0.237 e. The summed E-state index contributed by atoms with van der Waals surface area (Å²) in [5.74, 6) is -0.192. The molecule has 2 bridgehead atoms. The average Bonchev–Trinajstić information content (AvgIpc) is 2.64. The van der Waals surface area contributed by atoms with Crippen molar-refractivity contribution < 1.29 is 14.3 Å². The van der Waals surface area contributed by atoms with E-state index in [4.69, 9.17) is 10.5 Å². The van der Waals surface area contributed by atoms with Crippen LogP contribution in [0.25, 0.3) is 0 Å². The topological polar surface area (TPSA) is 75.9 Å². The van der Waals surface area contributed by atoms with Gasteiger partial charge in [-0.15, -0.1) is 0 Å². The molecule has 1 unspecified atom stereocenters. The van der Waals surface area contributed by atoms with Crippen LogP contribution < -0.4 is 5.73 Å². The first kappa shape index (κ1) is 16.2. The van der Waals surface area contributed by atoms with Crippen LogP contribution in [0.1, 0.15) is 39.0 Å². The van der Waals surface area contributed by atoms with E-state index in [9.17, 15) is 9.59 Å². The summed E-state index contributed by atoms with van der Waals surface area (Å²) in [7, 11) is 3.42. The van der Waals surface area contributed by atoms with Crippen molar-refractivity contribution in [3.8, 4) is 0 Å². The summed E-state index contributed by atoms with van der Waals surface area (Å²) in [6.45, 7) is 2.73. The molecule has 0 saturated carbocycles. The Morgan fingerprint density at radius 1 is 1.43 bits per heavy atom. The van der Waals surface area contributed by atoms with Crippen molar-refractivity contribution >= 4 is 11.8 Å². The van der Waals surface area contributed by atoms with Gasteiger partial charge in [0, 0.05) is 40.2 Å². The monoisotopic (exact) mass is 297 g/mol. The number of ether oxygens (including phenoxy) is 1. The van der Waals surface area contributed by atoms with E-state index < -0.39 is 5.54 Å². The van der Waals surface area contributed by atoms with Gasteiger partial charge in [-0.25, -0.2) is 0 Å². The van der Waals surface area contributed by atoms with E-state index in [1.807, 2.05) is 0 Å². The van der Waals surface area contributed by atoms with E-state index in [0.29, 0.717) is 19.1 Å². The lowest BCUT2D eigenvalue weighted by atomic mass is 9.87. The number of hydrogen-bond acceptors (Lipinski definition) is 4. The minimum Gasteiger partial charge on any atom is -0.378 e. The highest BCUT2D eigenvalue weighted by Crippen LogP contribution is 2.44. The molecule has 2 saturated heterocycles. The molecule has 2 aliphatic rings. The lowest BCUT2D eigenvalue weighted by molar-refractivity contribution is -0.135. The van der Waals surface area contributed by atoms with Crippen molar-refractivity contribution in [2.24, 2.45) is 5.73 Å². The highest BCUT2D eigenvalue weighted by molar-refractivity contribution is 5.85. The lowest BCUT2D eigenvalue weighted by Gasteiger charge is -2.44. The maximum absolute atomic E-state index is 12.0. The second kappa shape index (κ2) is 6.32. The van der Waals surface area contributed by atoms with Gasteiger partial charge in [0.15, 0.2) is 0 Å². The summed E-state index contributed by atoms with van der Waals surface area (Å²) < 4.78 is 5.54. The number of carbonyl (C=O) groups is 2. The van der Waals surface area contributed by atoms with Crippen LogP contribution in [0.4, 0.5) is 0 Å². The summed E-state index contributed by atoms with van der Waals surface area (Å²) in [5, 5.41) is 0. The van der Waals surface area contributed by atoms with E-state index in [1.165, 1.54) is 0 Å². The first-order valence-electron chi connectivity index (χ1n) is 7.72. The van der Waals surface area contributed by atoms with Crippen LogP contribution in [0.2, 0.25) is 0 Å². The third-order valence-electron chi connectivity index (χ3n) is 5.22. The molecular formula is C15H27N3O3. The molecule has 120 valence electrons. The van der Waals surface area contributed by atoms with Gasteiger partial charge in [-0.05, 0) is 32.1 Å². The van der Waals surface area contributed by atoms with Crippen molar-refractivity contribution in [1.29, 1.82) is 0 Å². The minimum atomic E-state index is -0.492. The molecular weight excluding hydrogens is 270 g/mol. The molecule has 3 atom stereocenters. The Hall–Kier alpha value is -1.14. The Labute approximate surface area is 126 Å². The molecule has 2 amide bonds. The third-order valence-corrected chi connectivity index (χ3v) is 5.22. The fourth-order valence-electron chi connectivity index (χ4n) is 3.83. The van der Waals surface area contributed by atoms with E-state index in [1.54, 1.807) is 26.0 Å². The first-order valence-corrected chi connectivity index (χ1v) is 7.72. The van der Waals surface area contributed by atoms with Gasteiger partial charge in [-0.3, -0.25) is 14.5 Å². The molecule has 0 aliphatic carbocycles. The van der Waals surface area contributed by atoms with Crippen molar-refractivity contribution in [2.75, 3.05) is 27.2 Å². The van der Waals surface area contributed by atoms with Crippen molar-refractivity contribution in [3.05, 3.63) is 0 Å². The highest BCUT2D eigenvalue weighted by atomic mass is 16.5. The maximum atomic E-state index is 12.0. The molecule has 2 fully saturated rings. The van der Waals surface area contributed by atoms with E-state index in [0.717, 1.165) is 32.1 Å². The number of methoxy groups -OCH3 is 1. The summed E-state index contributed by atoms with van der Waals surface area (Å²) in [4.78, 5) is 27.3. The molecule has 0 aromatic carbocycles. The molecule has 2 heterocycles. The van der Waals surface area contributed by atoms with Crippen LogP contribution in [0.15, 0.2) is 0 Å². The van der Waals surface area contributed by atoms with Crippen LogP contribution in [-0.2, 0) is 14.3 Å². The number of primary amides is 1. The summed E-state index contributed by atoms with van der Waals surface area (Å²) >= 11 is 0. The van der Waals surface area contributed by atoms with Gasteiger partial charge in [0.2, 0.25) is 11.8 Å². The van der Waals surface area contributed by atoms with Gasteiger partial charge in [-0.2, -0.15) is 0 Å². The normalized spacial score (nSPS) is 30.1.